The van der Waals surface area contributed by atoms with E-state index < -0.39 is 5.97 Å². The molecule has 0 aromatic heterocycles. The van der Waals surface area contributed by atoms with Crippen LogP contribution in [0, 0.1) is 30.1 Å². The number of fused-ring (bicyclic) bond motifs is 1. The van der Waals surface area contributed by atoms with Gasteiger partial charge >= 0.3 is 6.03 Å². The predicted molar refractivity (Wildman–Crippen MR) is 145 cm³/mol. The molecule has 2 aliphatic heterocycles. The third kappa shape index (κ3) is 10.8. The summed E-state index contributed by atoms with van der Waals surface area (Å²) in [5.74, 6) is 0.292. The number of carboxylic acids is 1. The van der Waals surface area contributed by atoms with Crippen LogP contribution in [0.15, 0.2) is 30.3 Å². The Morgan fingerprint density at radius 2 is 1.65 bits per heavy atom. The minimum absolute atomic E-state index is 0.0421. The Morgan fingerprint density at radius 3 is 2.08 bits per heavy atom. The number of nitriles is 1. The standard InChI is InChI=1S/C17H27N5O2.C7H8.C2H4O2.C2H6/c1-20(2)17(24)21-10-12-6-14(7-13(12)11-21)19-9-16(23)22-5-3-4-15(22)8-18;1-7-5-3-2-4-6-7;1-2(3)4;1-2/h12-15,19H,3-7,9-11H2,1-2H3;2-6H,1H3;1H3,(H,3,4);1-2H3/t12-,13+,14?,15?;;;. The molecule has 3 amide bonds. The Bertz CT molecular complexity index is 868. The van der Waals surface area contributed by atoms with Gasteiger partial charge in [-0.3, -0.25) is 9.59 Å². The quantitative estimate of drug-likeness (QED) is 0.635. The van der Waals surface area contributed by atoms with Crippen LogP contribution in [-0.4, -0.2) is 90.1 Å². The maximum absolute atomic E-state index is 12.3. The van der Waals surface area contributed by atoms with Gasteiger partial charge in [-0.1, -0.05) is 49.7 Å². The number of nitrogens with one attached hydrogen (secondary N) is 1. The molecule has 2 N–H and O–H groups in total. The van der Waals surface area contributed by atoms with Crippen LogP contribution in [0.2, 0.25) is 0 Å². The van der Waals surface area contributed by atoms with Gasteiger partial charge in [-0.15, -0.1) is 0 Å². The van der Waals surface area contributed by atoms with Crippen LogP contribution in [0.4, 0.5) is 4.79 Å². The minimum atomic E-state index is -0.833. The normalized spacial score (nSPS) is 23.2. The fourth-order valence-corrected chi connectivity index (χ4v) is 4.97. The second-order valence-electron chi connectivity index (χ2n) is 9.70. The van der Waals surface area contributed by atoms with Crippen molar-refractivity contribution >= 4 is 17.9 Å². The van der Waals surface area contributed by atoms with E-state index >= 15 is 0 Å². The van der Waals surface area contributed by atoms with Crippen molar-refractivity contribution in [1.82, 2.24) is 20.0 Å². The van der Waals surface area contributed by atoms with E-state index in [1.165, 1.54) is 5.56 Å². The van der Waals surface area contributed by atoms with E-state index in [1.54, 1.807) is 23.9 Å². The van der Waals surface area contributed by atoms with Gasteiger partial charge in [0.15, 0.2) is 0 Å². The monoisotopic (exact) mass is 515 g/mol. The van der Waals surface area contributed by atoms with Gasteiger partial charge in [-0.05, 0) is 44.4 Å². The van der Waals surface area contributed by atoms with Crippen molar-refractivity contribution in [2.45, 2.75) is 65.5 Å². The molecule has 9 heteroatoms. The van der Waals surface area contributed by atoms with E-state index in [0.29, 0.717) is 31.0 Å². The van der Waals surface area contributed by atoms with Crippen LogP contribution < -0.4 is 5.32 Å². The Kier molecular flexibility index (Phi) is 14.3. The van der Waals surface area contributed by atoms with Gasteiger partial charge in [0.1, 0.15) is 6.04 Å². The number of hydrogen-bond donors (Lipinski definition) is 2. The summed E-state index contributed by atoms with van der Waals surface area (Å²) < 4.78 is 0. The van der Waals surface area contributed by atoms with Crippen LogP contribution in [0.5, 0.6) is 0 Å². The molecule has 1 saturated carbocycles. The molecule has 1 aromatic rings. The molecule has 37 heavy (non-hydrogen) atoms. The van der Waals surface area contributed by atoms with Crippen molar-refractivity contribution in [3.63, 3.8) is 0 Å². The summed E-state index contributed by atoms with van der Waals surface area (Å²) in [7, 11) is 3.58. The molecular weight excluding hydrogens is 470 g/mol. The highest BCUT2D eigenvalue weighted by atomic mass is 16.4. The first kappa shape index (κ1) is 31.9. The molecule has 2 heterocycles. The fourth-order valence-electron chi connectivity index (χ4n) is 4.97. The number of carboxylic acid groups (broad SMARTS) is 1. The van der Waals surface area contributed by atoms with Gasteiger partial charge in [-0.2, -0.15) is 5.26 Å². The zero-order chi connectivity index (χ0) is 28.0. The second kappa shape index (κ2) is 16.6. The highest BCUT2D eigenvalue weighted by Crippen LogP contribution is 2.38. The van der Waals surface area contributed by atoms with Crippen LogP contribution in [0.1, 0.15) is 52.0 Å². The van der Waals surface area contributed by atoms with Gasteiger partial charge in [0.2, 0.25) is 5.91 Å². The molecule has 3 fully saturated rings. The molecule has 0 spiro atoms. The first-order chi connectivity index (χ1) is 17.6. The first-order valence-electron chi connectivity index (χ1n) is 13.2. The number of carbonyl (C=O) groups excluding carboxylic acids is 2. The number of amides is 3. The number of carbonyl (C=O) groups is 3. The zero-order valence-corrected chi connectivity index (χ0v) is 23.3. The van der Waals surface area contributed by atoms with Crippen LogP contribution in [0.25, 0.3) is 0 Å². The van der Waals surface area contributed by atoms with Crippen molar-refractivity contribution in [2.75, 3.05) is 40.3 Å². The Hall–Kier alpha value is -3.12. The number of rotatable bonds is 3. The Balaban J connectivity index is 0.000000435. The largest absolute Gasteiger partial charge is 0.481 e. The molecule has 0 radical (unpaired) electrons. The average Bonchev–Trinajstić information content (AvgIpc) is 3.58. The number of benzene rings is 1. The SMILES string of the molecule is CC.CC(=O)O.CN(C)C(=O)N1C[C@H]2CC(NCC(=O)N3CCCC3C#N)C[C@H]2C1.Cc1ccccc1. The summed E-state index contributed by atoms with van der Waals surface area (Å²) >= 11 is 0. The summed E-state index contributed by atoms with van der Waals surface area (Å²) in [4.78, 5) is 38.6. The number of nitrogens with zero attached hydrogens (tertiary/aromatic N) is 4. The lowest BCUT2D eigenvalue weighted by Gasteiger charge is -2.24. The van der Waals surface area contributed by atoms with Crippen molar-refractivity contribution in [1.29, 1.82) is 5.26 Å². The van der Waals surface area contributed by atoms with E-state index in [-0.39, 0.29) is 18.0 Å². The van der Waals surface area contributed by atoms with Gasteiger partial charge in [0.05, 0.1) is 12.6 Å². The highest BCUT2D eigenvalue weighted by molar-refractivity contribution is 5.79. The molecule has 4 rings (SSSR count). The van der Waals surface area contributed by atoms with Gasteiger partial charge in [0.25, 0.3) is 5.97 Å². The molecule has 2 saturated heterocycles. The smallest absolute Gasteiger partial charge is 0.319 e. The Morgan fingerprint density at radius 1 is 1.11 bits per heavy atom. The number of hydrogen-bond acceptors (Lipinski definition) is 5. The molecule has 9 nitrogen and oxygen atoms in total. The van der Waals surface area contributed by atoms with E-state index in [1.807, 2.05) is 36.9 Å². The Labute approximate surface area is 222 Å². The summed E-state index contributed by atoms with van der Waals surface area (Å²) in [6.45, 7) is 9.85. The predicted octanol–water partition coefficient (Wildman–Crippen LogP) is 3.59. The molecular formula is C28H45N5O4. The van der Waals surface area contributed by atoms with Crippen LogP contribution in [0.3, 0.4) is 0 Å². The third-order valence-electron chi connectivity index (χ3n) is 6.61. The van der Waals surface area contributed by atoms with Crippen molar-refractivity contribution in [3.05, 3.63) is 35.9 Å². The second-order valence-corrected chi connectivity index (χ2v) is 9.70. The lowest BCUT2D eigenvalue weighted by Crippen LogP contribution is -2.43. The van der Waals surface area contributed by atoms with E-state index in [9.17, 15) is 9.59 Å². The van der Waals surface area contributed by atoms with E-state index in [4.69, 9.17) is 15.2 Å². The van der Waals surface area contributed by atoms with E-state index in [0.717, 1.165) is 45.7 Å². The van der Waals surface area contributed by atoms with Crippen LogP contribution in [-0.2, 0) is 9.59 Å². The molecule has 0 bridgehead atoms. The zero-order valence-electron chi connectivity index (χ0n) is 23.3. The first-order valence-corrected chi connectivity index (χ1v) is 13.2. The van der Waals surface area contributed by atoms with Crippen LogP contribution >= 0.6 is 0 Å². The number of aliphatic carboxylic acids is 1. The topological polar surface area (TPSA) is 117 Å². The molecule has 2 unspecified atom stereocenters. The third-order valence-corrected chi connectivity index (χ3v) is 6.61. The lowest BCUT2D eigenvalue weighted by atomic mass is 10.0. The maximum atomic E-state index is 12.3. The molecule has 4 atom stereocenters. The summed E-state index contributed by atoms with van der Waals surface area (Å²) in [5.41, 5.74) is 1.32. The van der Waals surface area contributed by atoms with Gasteiger partial charge in [-0.25, -0.2) is 4.79 Å². The number of likely N-dealkylation sites (tertiary alicyclic amines) is 2. The average molecular weight is 516 g/mol. The summed E-state index contributed by atoms with van der Waals surface area (Å²) in [6, 6.07) is 12.7. The summed E-state index contributed by atoms with van der Waals surface area (Å²) in [5, 5.41) is 19.9. The van der Waals surface area contributed by atoms with Crippen molar-refractivity contribution in [2.24, 2.45) is 11.8 Å². The molecule has 1 aromatic carbocycles. The lowest BCUT2D eigenvalue weighted by molar-refractivity contribution is -0.134. The number of urea groups is 1. The maximum Gasteiger partial charge on any atom is 0.319 e. The summed E-state index contributed by atoms with van der Waals surface area (Å²) in [6.07, 6.45) is 3.77. The molecule has 206 valence electrons. The van der Waals surface area contributed by atoms with E-state index in [2.05, 4.69) is 30.4 Å². The molecule has 1 aliphatic carbocycles. The van der Waals surface area contributed by atoms with Crippen molar-refractivity contribution in [3.8, 4) is 6.07 Å². The fraction of sp³-hybridized carbons (Fsp3) is 0.643. The number of aryl methyl sites for hydroxylation is 1. The minimum Gasteiger partial charge on any atom is -0.481 e. The van der Waals surface area contributed by atoms with Gasteiger partial charge < -0.3 is 25.1 Å². The van der Waals surface area contributed by atoms with Gasteiger partial charge in [0, 0.05) is 46.7 Å². The molecule has 3 aliphatic rings. The van der Waals surface area contributed by atoms with Crippen molar-refractivity contribution < 1.29 is 19.5 Å². The highest BCUT2D eigenvalue weighted by Gasteiger charge is 2.42.